The number of hydrogen-bond acceptors (Lipinski definition) is 3. The van der Waals surface area contributed by atoms with Gasteiger partial charge in [-0.05, 0) is 37.1 Å². The van der Waals surface area contributed by atoms with Crippen LogP contribution in [0.3, 0.4) is 0 Å². The van der Waals surface area contributed by atoms with Crippen LogP contribution in [-0.4, -0.2) is 17.9 Å². The molecule has 130 valence electrons. The summed E-state index contributed by atoms with van der Waals surface area (Å²) in [5.41, 5.74) is 4.56. The van der Waals surface area contributed by atoms with Crippen molar-refractivity contribution in [3.8, 4) is 11.3 Å². The Morgan fingerprint density at radius 2 is 1.88 bits per heavy atom. The highest BCUT2D eigenvalue weighted by Crippen LogP contribution is 2.23. The Morgan fingerprint density at radius 3 is 2.60 bits per heavy atom. The molecule has 0 unspecified atom stereocenters. The molecule has 0 radical (unpaired) electrons. The summed E-state index contributed by atoms with van der Waals surface area (Å²) in [4.78, 5) is 4.96. The summed E-state index contributed by atoms with van der Waals surface area (Å²) in [6.07, 6.45) is 1.80. The van der Waals surface area contributed by atoms with E-state index in [0.29, 0.717) is 11.3 Å². The first-order valence-corrected chi connectivity index (χ1v) is 8.48. The van der Waals surface area contributed by atoms with Crippen LogP contribution >= 0.6 is 28.3 Å². The molecule has 0 N–H and O–H groups in total. The summed E-state index contributed by atoms with van der Waals surface area (Å²) in [6, 6.07) is 12.9. The summed E-state index contributed by atoms with van der Waals surface area (Å²) in [7, 11) is 1.71. The first-order chi connectivity index (χ1) is 11.6. The van der Waals surface area contributed by atoms with Gasteiger partial charge in [0.25, 0.3) is 0 Å². The van der Waals surface area contributed by atoms with Gasteiger partial charge in [0, 0.05) is 18.0 Å². The van der Waals surface area contributed by atoms with Crippen molar-refractivity contribution < 1.29 is 4.39 Å². The Hall–Kier alpha value is -2.05. The molecule has 0 fully saturated rings. The fraction of sp³-hybridized carbons (Fsp3) is 0.158. The smallest absolute Gasteiger partial charge is 0.205 e. The second kappa shape index (κ2) is 8.36. The van der Waals surface area contributed by atoms with Crippen LogP contribution in [-0.2, 0) is 0 Å². The van der Waals surface area contributed by atoms with Crippen molar-refractivity contribution in [3.05, 3.63) is 75.2 Å². The van der Waals surface area contributed by atoms with Crippen LogP contribution in [0.4, 0.5) is 4.39 Å². The normalized spacial score (nSPS) is 11.8. The minimum Gasteiger partial charge on any atom is -0.261 e. The van der Waals surface area contributed by atoms with Gasteiger partial charge in [0.05, 0.1) is 11.9 Å². The van der Waals surface area contributed by atoms with Gasteiger partial charge >= 0.3 is 0 Å². The molecule has 0 amide bonds. The van der Waals surface area contributed by atoms with E-state index in [1.54, 1.807) is 30.1 Å². The van der Waals surface area contributed by atoms with Crippen molar-refractivity contribution in [3.63, 3.8) is 0 Å². The number of aryl methyl sites for hydroxylation is 2. The van der Waals surface area contributed by atoms with E-state index in [9.17, 15) is 4.39 Å². The zero-order valence-corrected chi connectivity index (χ0v) is 16.8. The fourth-order valence-corrected chi connectivity index (χ4v) is 3.23. The van der Waals surface area contributed by atoms with Crippen LogP contribution in [0.2, 0.25) is 0 Å². The first kappa shape index (κ1) is 19.3. The van der Waals surface area contributed by atoms with Gasteiger partial charge in [-0.1, -0.05) is 35.9 Å². The molecule has 3 rings (SSSR count). The van der Waals surface area contributed by atoms with Crippen molar-refractivity contribution in [1.82, 2.24) is 4.68 Å². The molecule has 1 aromatic heterocycles. The van der Waals surface area contributed by atoms with Crippen molar-refractivity contribution in [1.29, 1.82) is 0 Å². The highest BCUT2D eigenvalue weighted by atomic mass is 79.9. The summed E-state index contributed by atoms with van der Waals surface area (Å²) in [6.45, 7) is 4.09. The quantitative estimate of drug-likeness (QED) is 0.536. The molecule has 0 aliphatic rings. The Kier molecular flexibility index (Phi) is 6.45. The molecule has 1 heterocycles. The van der Waals surface area contributed by atoms with Crippen LogP contribution in [0.25, 0.3) is 11.3 Å². The Balaban J connectivity index is 0.00000225. The van der Waals surface area contributed by atoms with Gasteiger partial charge in [0.1, 0.15) is 5.82 Å². The molecule has 0 spiro atoms. The minimum absolute atomic E-state index is 0. The second-order valence-corrected chi connectivity index (χ2v) is 6.36. The van der Waals surface area contributed by atoms with E-state index >= 15 is 0 Å². The molecule has 2 aromatic carbocycles. The standard InChI is InChI=1S/C19H18FN3S.BrH/c1-13-8-9-14(2)15(10-13)11-22-23-18(12-24-19(23)21-3)16-6-4-5-7-17(16)20;/h4-12H,1-3H3;1H. The number of rotatable bonds is 3. The molecule has 6 heteroatoms. The highest BCUT2D eigenvalue weighted by Gasteiger charge is 2.11. The van der Waals surface area contributed by atoms with Crippen molar-refractivity contribution in [2.45, 2.75) is 13.8 Å². The van der Waals surface area contributed by atoms with E-state index in [1.165, 1.54) is 23.0 Å². The van der Waals surface area contributed by atoms with Crippen molar-refractivity contribution in [2.24, 2.45) is 10.1 Å². The van der Waals surface area contributed by atoms with E-state index < -0.39 is 0 Å². The predicted molar refractivity (Wildman–Crippen MR) is 108 cm³/mol. The third kappa shape index (κ3) is 4.14. The molecular formula is C19H19BrFN3S. The van der Waals surface area contributed by atoms with E-state index in [0.717, 1.165) is 15.9 Å². The largest absolute Gasteiger partial charge is 0.261 e. The van der Waals surface area contributed by atoms with Gasteiger partial charge in [-0.3, -0.25) is 4.99 Å². The Labute approximate surface area is 161 Å². The molecule has 3 nitrogen and oxygen atoms in total. The van der Waals surface area contributed by atoms with Gasteiger partial charge in [-0.25, -0.2) is 9.07 Å². The van der Waals surface area contributed by atoms with Crippen molar-refractivity contribution in [2.75, 3.05) is 7.05 Å². The maximum atomic E-state index is 14.2. The van der Waals surface area contributed by atoms with Crippen LogP contribution in [0.1, 0.15) is 16.7 Å². The maximum Gasteiger partial charge on any atom is 0.205 e. The third-order valence-electron chi connectivity index (χ3n) is 3.77. The summed E-state index contributed by atoms with van der Waals surface area (Å²) >= 11 is 1.44. The SMILES string of the molecule is Br.CN=c1scc(-c2ccccc2F)n1N=Cc1cc(C)ccc1C. The van der Waals surface area contributed by atoms with Crippen LogP contribution in [0.15, 0.2) is 57.9 Å². The van der Waals surface area contributed by atoms with Crippen LogP contribution < -0.4 is 4.80 Å². The number of nitrogens with zero attached hydrogens (tertiary/aromatic N) is 3. The van der Waals surface area contributed by atoms with E-state index in [1.807, 2.05) is 25.3 Å². The minimum atomic E-state index is -0.270. The monoisotopic (exact) mass is 419 g/mol. The number of thiazole rings is 1. The average Bonchev–Trinajstić information content (AvgIpc) is 2.99. The van der Waals surface area contributed by atoms with Gasteiger partial charge in [-0.2, -0.15) is 5.10 Å². The third-order valence-corrected chi connectivity index (χ3v) is 4.68. The second-order valence-electron chi connectivity index (χ2n) is 5.52. The maximum absolute atomic E-state index is 14.2. The van der Waals surface area contributed by atoms with Gasteiger partial charge < -0.3 is 0 Å². The van der Waals surface area contributed by atoms with Crippen LogP contribution in [0.5, 0.6) is 0 Å². The molecule has 0 bridgehead atoms. The molecular weight excluding hydrogens is 401 g/mol. The molecule has 0 atom stereocenters. The average molecular weight is 420 g/mol. The predicted octanol–water partition coefficient (Wildman–Crippen LogP) is 4.96. The first-order valence-electron chi connectivity index (χ1n) is 7.60. The topological polar surface area (TPSA) is 29.6 Å². The molecule has 0 saturated carbocycles. The summed E-state index contributed by atoms with van der Waals surface area (Å²) < 4.78 is 15.8. The lowest BCUT2D eigenvalue weighted by Gasteiger charge is -2.05. The molecule has 0 aliphatic heterocycles. The lowest BCUT2D eigenvalue weighted by atomic mass is 10.1. The number of aromatic nitrogens is 1. The number of hydrogen-bond donors (Lipinski definition) is 0. The van der Waals surface area contributed by atoms with Crippen molar-refractivity contribution >= 4 is 34.5 Å². The van der Waals surface area contributed by atoms with Crippen LogP contribution in [0, 0.1) is 19.7 Å². The van der Waals surface area contributed by atoms with E-state index in [2.05, 4.69) is 28.3 Å². The molecule has 0 saturated heterocycles. The zero-order valence-electron chi connectivity index (χ0n) is 14.2. The van der Waals surface area contributed by atoms with Gasteiger partial charge in [0.15, 0.2) is 0 Å². The Morgan fingerprint density at radius 1 is 1.12 bits per heavy atom. The van der Waals surface area contributed by atoms with Gasteiger partial charge in [-0.15, -0.1) is 28.3 Å². The Bertz CT molecular complexity index is 973. The lowest BCUT2D eigenvalue weighted by molar-refractivity contribution is 0.629. The number of benzene rings is 2. The zero-order chi connectivity index (χ0) is 17.1. The molecule has 25 heavy (non-hydrogen) atoms. The molecule has 3 aromatic rings. The molecule has 0 aliphatic carbocycles. The number of halogens is 2. The van der Waals surface area contributed by atoms with E-state index in [4.69, 9.17) is 0 Å². The highest BCUT2D eigenvalue weighted by molar-refractivity contribution is 8.93. The van der Waals surface area contributed by atoms with Gasteiger partial charge in [0.2, 0.25) is 4.80 Å². The van der Waals surface area contributed by atoms with E-state index in [-0.39, 0.29) is 22.8 Å². The fourth-order valence-electron chi connectivity index (χ4n) is 2.44. The lowest BCUT2D eigenvalue weighted by Crippen LogP contribution is -2.12. The summed E-state index contributed by atoms with van der Waals surface area (Å²) in [5.74, 6) is -0.270. The summed E-state index contributed by atoms with van der Waals surface area (Å²) in [5, 5.41) is 6.44.